The molecule has 0 bridgehead atoms. The molecular formula is C16H25BrO2S. The highest BCUT2D eigenvalue weighted by Gasteiger charge is 2.23. The lowest BCUT2D eigenvalue weighted by molar-refractivity contribution is 0.461. The minimum absolute atomic E-state index is 0.0403. The second-order valence-corrected chi connectivity index (χ2v) is 9.40. The highest BCUT2D eigenvalue weighted by Crippen LogP contribution is 2.25. The molecule has 1 atom stereocenters. The smallest absolute Gasteiger partial charge is 0.178 e. The monoisotopic (exact) mass is 360 g/mol. The van der Waals surface area contributed by atoms with Gasteiger partial charge in [0.1, 0.15) is 0 Å². The van der Waals surface area contributed by atoms with Gasteiger partial charge >= 0.3 is 0 Å². The molecule has 0 aliphatic carbocycles. The van der Waals surface area contributed by atoms with Crippen molar-refractivity contribution in [1.82, 2.24) is 0 Å². The van der Waals surface area contributed by atoms with E-state index >= 15 is 0 Å². The van der Waals surface area contributed by atoms with Crippen molar-refractivity contribution in [2.75, 3.05) is 11.1 Å². The molecule has 0 N–H and O–H groups in total. The van der Waals surface area contributed by atoms with Crippen LogP contribution in [0.15, 0.2) is 29.2 Å². The SMILES string of the molecule is CC(C)C(CBr)CS(=O)(=O)c1ccc(C(C)(C)C)cc1. The first-order chi connectivity index (χ1) is 9.08. The van der Waals surface area contributed by atoms with Gasteiger partial charge in [-0.05, 0) is 34.9 Å². The maximum atomic E-state index is 12.4. The summed E-state index contributed by atoms with van der Waals surface area (Å²) in [5.74, 6) is 0.686. The zero-order valence-electron chi connectivity index (χ0n) is 13.0. The van der Waals surface area contributed by atoms with Crippen molar-refractivity contribution in [3.8, 4) is 0 Å². The van der Waals surface area contributed by atoms with E-state index in [0.29, 0.717) is 16.1 Å². The van der Waals surface area contributed by atoms with Crippen molar-refractivity contribution < 1.29 is 8.42 Å². The zero-order chi connectivity index (χ0) is 15.6. The molecule has 0 saturated carbocycles. The van der Waals surface area contributed by atoms with E-state index in [4.69, 9.17) is 0 Å². The van der Waals surface area contributed by atoms with Crippen LogP contribution in [0, 0.1) is 11.8 Å². The quantitative estimate of drug-likeness (QED) is 0.728. The molecule has 0 amide bonds. The molecule has 4 heteroatoms. The van der Waals surface area contributed by atoms with Gasteiger partial charge in [0.15, 0.2) is 9.84 Å². The Morgan fingerprint density at radius 1 is 1.10 bits per heavy atom. The third-order valence-electron chi connectivity index (χ3n) is 3.65. The molecule has 1 aromatic carbocycles. The van der Waals surface area contributed by atoms with Crippen molar-refractivity contribution in [1.29, 1.82) is 0 Å². The number of hydrogen-bond donors (Lipinski definition) is 0. The highest BCUT2D eigenvalue weighted by molar-refractivity contribution is 9.09. The lowest BCUT2D eigenvalue weighted by Gasteiger charge is -2.20. The van der Waals surface area contributed by atoms with Crippen molar-refractivity contribution in [2.24, 2.45) is 11.8 Å². The van der Waals surface area contributed by atoms with Gasteiger partial charge in [0.25, 0.3) is 0 Å². The summed E-state index contributed by atoms with van der Waals surface area (Å²) in [5.41, 5.74) is 1.19. The summed E-state index contributed by atoms with van der Waals surface area (Å²) in [6.45, 7) is 10.5. The van der Waals surface area contributed by atoms with Gasteiger partial charge in [-0.15, -0.1) is 0 Å². The molecule has 2 nitrogen and oxygen atoms in total. The van der Waals surface area contributed by atoms with Crippen molar-refractivity contribution in [3.05, 3.63) is 29.8 Å². The summed E-state index contributed by atoms with van der Waals surface area (Å²) in [5, 5.41) is 0.712. The Balaban J connectivity index is 2.99. The maximum absolute atomic E-state index is 12.4. The van der Waals surface area contributed by atoms with E-state index in [9.17, 15) is 8.42 Å². The standard InChI is InChI=1S/C16H25BrO2S/c1-12(2)13(10-17)11-20(18,19)15-8-6-14(7-9-15)16(3,4)5/h6-9,12-13H,10-11H2,1-5H3. The molecule has 0 aromatic heterocycles. The van der Waals surface area contributed by atoms with Crippen LogP contribution in [-0.4, -0.2) is 19.5 Å². The van der Waals surface area contributed by atoms with Crippen LogP contribution >= 0.6 is 15.9 Å². The van der Waals surface area contributed by atoms with Gasteiger partial charge in [-0.2, -0.15) is 0 Å². The number of rotatable bonds is 5. The average molecular weight is 361 g/mol. The Hall–Kier alpha value is -0.350. The van der Waals surface area contributed by atoms with E-state index in [0.717, 1.165) is 5.56 Å². The molecule has 0 aliphatic rings. The predicted octanol–water partition coefficient (Wildman–Crippen LogP) is 4.42. The molecular weight excluding hydrogens is 336 g/mol. The number of alkyl halides is 1. The van der Waals surface area contributed by atoms with Gasteiger partial charge in [0, 0.05) is 5.33 Å². The van der Waals surface area contributed by atoms with Crippen LogP contribution in [0.4, 0.5) is 0 Å². The summed E-state index contributed by atoms with van der Waals surface area (Å²) in [6.07, 6.45) is 0. The second kappa shape index (κ2) is 6.61. The van der Waals surface area contributed by atoms with Crippen LogP contribution in [0.2, 0.25) is 0 Å². The minimum atomic E-state index is -3.21. The molecule has 0 spiro atoms. The Morgan fingerprint density at radius 2 is 1.60 bits per heavy atom. The zero-order valence-corrected chi connectivity index (χ0v) is 15.4. The number of benzene rings is 1. The first-order valence-electron chi connectivity index (χ1n) is 6.97. The largest absolute Gasteiger partial charge is 0.224 e. The summed E-state index contributed by atoms with van der Waals surface area (Å²) in [7, 11) is -3.21. The molecule has 114 valence electrons. The molecule has 0 radical (unpaired) electrons. The van der Waals surface area contributed by atoms with Crippen molar-refractivity contribution in [2.45, 2.75) is 44.9 Å². The molecule has 0 heterocycles. The fraction of sp³-hybridized carbons (Fsp3) is 0.625. The topological polar surface area (TPSA) is 34.1 Å². The summed E-state index contributed by atoms with van der Waals surface area (Å²) in [6, 6.07) is 7.32. The Morgan fingerprint density at radius 3 is 1.95 bits per heavy atom. The fourth-order valence-electron chi connectivity index (χ4n) is 1.96. The molecule has 0 aliphatic heterocycles. The third kappa shape index (κ3) is 4.59. The summed E-state index contributed by atoms with van der Waals surface area (Å²) < 4.78 is 24.9. The Kier molecular flexibility index (Phi) is 5.85. The van der Waals surface area contributed by atoms with Crippen molar-refractivity contribution in [3.63, 3.8) is 0 Å². The third-order valence-corrected chi connectivity index (χ3v) is 6.34. The van der Waals surface area contributed by atoms with Crippen LogP contribution in [0.5, 0.6) is 0 Å². The van der Waals surface area contributed by atoms with Crippen LogP contribution < -0.4 is 0 Å². The first kappa shape index (κ1) is 17.7. The van der Waals surface area contributed by atoms with E-state index in [1.807, 2.05) is 12.1 Å². The summed E-state index contributed by atoms with van der Waals surface area (Å²) >= 11 is 3.41. The van der Waals surface area contributed by atoms with Gasteiger partial charge in [-0.25, -0.2) is 8.42 Å². The Labute approximate surface area is 132 Å². The van der Waals surface area contributed by atoms with E-state index in [1.165, 1.54) is 0 Å². The molecule has 1 unspecified atom stereocenters. The minimum Gasteiger partial charge on any atom is -0.224 e. The predicted molar refractivity (Wildman–Crippen MR) is 89.3 cm³/mol. The second-order valence-electron chi connectivity index (χ2n) is 6.71. The molecule has 0 saturated heterocycles. The molecule has 0 fully saturated rings. The van der Waals surface area contributed by atoms with Gasteiger partial charge in [-0.1, -0.05) is 62.7 Å². The van der Waals surface area contributed by atoms with Gasteiger partial charge in [0.05, 0.1) is 10.6 Å². The number of sulfone groups is 1. The molecule has 1 rings (SSSR count). The van der Waals surface area contributed by atoms with Crippen LogP contribution in [0.3, 0.4) is 0 Å². The van der Waals surface area contributed by atoms with E-state index < -0.39 is 9.84 Å². The number of hydrogen-bond acceptors (Lipinski definition) is 2. The normalized spacial score (nSPS) is 14.6. The maximum Gasteiger partial charge on any atom is 0.178 e. The average Bonchev–Trinajstić information content (AvgIpc) is 2.35. The lowest BCUT2D eigenvalue weighted by Crippen LogP contribution is -2.22. The van der Waals surface area contributed by atoms with Crippen LogP contribution in [-0.2, 0) is 15.3 Å². The first-order valence-corrected chi connectivity index (χ1v) is 9.74. The summed E-state index contributed by atoms with van der Waals surface area (Å²) in [4.78, 5) is 0.428. The van der Waals surface area contributed by atoms with Crippen LogP contribution in [0.1, 0.15) is 40.2 Å². The van der Waals surface area contributed by atoms with E-state index in [2.05, 4.69) is 50.5 Å². The van der Waals surface area contributed by atoms with E-state index in [1.54, 1.807) is 12.1 Å². The fourth-order valence-corrected chi connectivity index (χ4v) is 5.04. The highest BCUT2D eigenvalue weighted by atomic mass is 79.9. The van der Waals surface area contributed by atoms with Crippen LogP contribution in [0.25, 0.3) is 0 Å². The Bertz CT molecular complexity index is 525. The van der Waals surface area contributed by atoms with Crippen molar-refractivity contribution >= 4 is 25.8 Å². The molecule has 20 heavy (non-hydrogen) atoms. The number of halogens is 1. The van der Waals surface area contributed by atoms with Gasteiger partial charge in [0.2, 0.25) is 0 Å². The van der Waals surface area contributed by atoms with Gasteiger partial charge in [-0.3, -0.25) is 0 Å². The molecule has 1 aromatic rings. The van der Waals surface area contributed by atoms with E-state index in [-0.39, 0.29) is 17.1 Å². The lowest BCUT2D eigenvalue weighted by atomic mass is 9.87. The van der Waals surface area contributed by atoms with Gasteiger partial charge < -0.3 is 0 Å².